The number of thioether (sulfide) groups is 1. The van der Waals surface area contributed by atoms with Crippen LogP contribution in [0.25, 0.3) is 0 Å². The number of nitrogens with two attached hydrogens (primary N) is 2. The summed E-state index contributed by atoms with van der Waals surface area (Å²) in [6.07, 6.45) is 1.86. The number of hydrogen-bond acceptors (Lipinski definition) is 5. The van der Waals surface area contributed by atoms with Crippen LogP contribution in [0, 0.1) is 0 Å². The number of aromatic nitrogens is 2. The van der Waals surface area contributed by atoms with Gasteiger partial charge in [0.25, 0.3) is 0 Å². The number of nitrogens with zero attached hydrogens (tertiary/aromatic N) is 2. The monoisotopic (exact) mass is 215 g/mol. The van der Waals surface area contributed by atoms with Gasteiger partial charge in [0.2, 0.25) is 0 Å². The van der Waals surface area contributed by atoms with Crippen molar-refractivity contribution in [3.05, 3.63) is 6.07 Å². The molecule has 5 N–H and O–H groups in total. The first-order valence-electron chi connectivity index (χ1n) is 3.37. The second-order valence-corrected chi connectivity index (χ2v) is 3.37. The highest BCUT2D eigenvalue weighted by molar-refractivity contribution is 7.98. The largest absolute Gasteiger partial charge is 0.383 e. The zero-order valence-corrected chi connectivity index (χ0v) is 8.58. The van der Waals surface area contributed by atoms with Gasteiger partial charge in [-0.05, 0) is 18.5 Å². The van der Waals surface area contributed by atoms with E-state index in [1.54, 1.807) is 6.07 Å². The van der Waals surface area contributed by atoms with Gasteiger partial charge in [0, 0.05) is 6.07 Å². The number of nitrogen functional groups attached to an aromatic ring is 1. The fourth-order valence-electron chi connectivity index (χ4n) is 0.725. The van der Waals surface area contributed by atoms with Crippen LogP contribution in [0.4, 0.5) is 11.6 Å². The molecule has 13 heavy (non-hydrogen) atoms. The zero-order chi connectivity index (χ0) is 9.84. The molecule has 1 rings (SSSR count). The molecule has 0 aliphatic carbocycles. The number of anilines is 2. The Morgan fingerprint density at radius 2 is 2.31 bits per heavy atom. The van der Waals surface area contributed by atoms with Crippen molar-refractivity contribution < 1.29 is 0 Å². The summed E-state index contributed by atoms with van der Waals surface area (Å²) in [5.41, 5.74) is 10.8. The normalized spacial score (nSPS) is 9.62. The van der Waals surface area contributed by atoms with E-state index in [4.69, 9.17) is 11.5 Å². The Morgan fingerprint density at radius 3 is 2.85 bits per heavy atom. The Morgan fingerprint density at radius 1 is 1.62 bits per heavy atom. The molecule has 0 radical (unpaired) electrons. The molecule has 1 heterocycles. The van der Waals surface area contributed by atoms with Gasteiger partial charge in [-0.15, -0.1) is 0 Å². The number of rotatable bonds is 2. The van der Waals surface area contributed by atoms with Crippen molar-refractivity contribution in [3.8, 4) is 0 Å². The molecule has 0 fully saturated rings. The molecule has 0 aliphatic rings. The van der Waals surface area contributed by atoms with Gasteiger partial charge in [-0.3, -0.25) is 0 Å². The summed E-state index contributed by atoms with van der Waals surface area (Å²) in [4.78, 5) is 8.05. The van der Waals surface area contributed by atoms with E-state index in [0.29, 0.717) is 16.8 Å². The predicted molar refractivity (Wildman–Crippen MR) is 58.6 cm³/mol. The molecule has 0 saturated heterocycles. The molecule has 0 aromatic carbocycles. The van der Waals surface area contributed by atoms with Crippen LogP contribution in [0.3, 0.4) is 0 Å². The molecule has 7 heteroatoms. The molecule has 0 unspecified atom stereocenters. The Labute approximate surface area is 85.3 Å². The Kier molecular flexibility index (Phi) is 3.26. The summed E-state index contributed by atoms with van der Waals surface area (Å²) in [5, 5.41) is 3.42. The van der Waals surface area contributed by atoms with Crippen LogP contribution < -0.4 is 16.8 Å². The lowest BCUT2D eigenvalue weighted by Gasteiger charge is -2.04. The smallest absolute Gasteiger partial charge is 0.191 e. The Balaban J connectivity index is 2.94. The molecular weight excluding hydrogens is 206 g/mol. The SMILES string of the molecule is CSc1nc(N)cc(NC(N)=S)n1. The van der Waals surface area contributed by atoms with Gasteiger partial charge < -0.3 is 16.8 Å². The minimum Gasteiger partial charge on any atom is -0.383 e. The van der Waals surface area contributed by atoms with E-state index < -0.39 is 0 Å². The van der Waals surface area contributed by atoms with E-state index in [1.165, 1.54) is 11.8 Å². The third-order valence-corrected chi connectivity index (χ3v) is 1.81. The van der Waals surface area contributed by atoms with Gasteiger partial charge in [-0.25, -0.2) is 9.97 Å². The molecule has 0 spiro atoms. The van der Waals surface area contributed by atoms with Gasteiger partial charge in [0.1, 0.15) is 11.6 Å². The Bertz CT molecular complexity index is 327. The molecular formula is C6H9N5S2. The first-order chi connectivity index (χ1) is 6.11. The highest BCUT2D eigenvalue weighted by Crippen LogP contribution is 2.14. The van der Waals surface area contributed by atoms with Crippen molar-refractivity contribution in [1.29, 1.82) is 0 Å². The molecule has 0 aliphatic heterocycles. The van der Waals surface area contributed by atoms with Crippen molar-refractivity contribution in [2.45, 2.75) is 5.16 Å². The molecule has 70 valence electrons. The molecule has 1 aromatic heterocycles. The van der Waals surface area contributed by atoms with Crippen LogP contribution >= 0.6 is 24.0 Å². The summed E-state index contributed by atoms with van der Waals surface area (Å²) in [7, 11) is 0. The maximum Gasteiger partial charge on any atom is 0.191 e. The minimum atomic E-state index is 0.158. The van der Waals surface area contributed by atoms with Crippen molar-refractivity contribution >= 4 is 40.7 Å². The van der Waals surface area contributed by atoms with Gasteiger partial charge in [0.15, 0.2) is 10.3 Å². The van der Waals surface area contributed by atoms with Gasteiger partial charge in [-0.2, -0.15) is 0 Å². The fourth-order valence-corrected chi connectivity index (χ4v) is 1.22. The summed E-state index contributed by atoms with van der Waals surface area (Å²) >= 11 is 6.06. The van der Waals surface area contributed by atoms with E-state index in [2.05, 4.69) is 27.5 Å². The summed E-state index contributed by atoms with van der Waals surface area (Å²) < 4.78 is 0. The molecule has 5 nitrogen and oxygen atoms in total. The van der Waals surface area contributed by atoms with Gasteiger partial charge >= 0.3 is 0 Å². The first-order valence-corrected chi connectivity index (χ1v) is 5.00. The molecule has 0 saturated carbocycles. The third-order valence-electron chi connectivity index (χ3n) is 1.16. The van der Waals surface area contributed by atoms with Crippen LogP contribution in [0.5, 0.6) is 0 Å². The average molecular weight is 215 g/mol. The van der Waals surface area contributed by atoms with Crippen molar-refractivity contribution in [2.24, 2.45) is 5.73 Å². The lowest BCUT2D eigenvalue weighted by atomic mass is 10.5. The molecule has 0 bridgehead atoms. The average Bonchev–Trinajstić information content (AvgIpc) is 2.01. The predicted octanol–water partition coefficient (Wildman–Crippen LogP) is 0.436. The maximum atomic E-state index is 5.52. The fraction of sp³-hybridized carbons (Fsp3) is 0.167. The van der Waals surface area contributed by atoms with E-state index in [-0.39, 0.29) is 5.11 Å². The second kappa shape index (κ2) is 4.24. The summed E-state index contributed by atoms with van der Waals surface area (Å²) in [6.45, 7) is 0. The highest BCUT2D eigenvalue weighted by Gasteiger charge is 2.01. The van der Waals surface area contributed by atoms with E-state index in [1.807, 2.05) is 6.26 Å². The summed E-state index contributed by atoms with van der Waals surface area (Å²) in [6, 6.07) is 1.57. The van der Waals surface area contributed by atoms with E-state index >= 15 is 0 Å². The van der Waals surface area contributed by atoms with Crippen LogP contribution in [0.2, 0.25) is 0 Å². The number of nitrogens with one attached hydrogen (secondary N) is 1. The van der Waals surface area contributed by atoms with Gasteiger partial charge in [-0.1, -0.05) is 11.8 Å². The standard InChI is InChI=1S/C6H9N5S2/c1-13-6-9-3(7)2-4(11-6)10-5(8)12/h2H,1H3,(H5,7,8,9,10,11,12). The maximum absolute atomic E-state index is 5.52. The molecule has 0 atom stereocenters. The van der Waals surface area contributed by atoms with Crippen molar-refractivity contribution in [3.63, 3.8) is 0 Å². The van der Waals surface area contributed by atoms with Crippen molar-refractivity contribution in [2.75, 3.05) is 17.3 Å². The summed E-state index contributed by atoms with van der Waals surface area (Å²) in [5.74, 6) is 0.905. The van der Waals surface area contributed by atoms with Crippen LogP contribution in [-0.2, 0) is 0 Å². The van der Waals surface area contributed by atoms with Crippen molar-refractivity contribution in [1.82, 2.24) is 9.97 Å². The van der Waals surface area contributed by atoms with Gasteiger partial charge in [0.05, 0.1) is 0 Å². The first kappa shape index (κ1) is 10.0. The second-order valence-electron chi connectivity index (χ2n) is 2.15. The lowest BCUT2D eigenvalue weighted by Crippen LogP contribution is -2.20. The van der Waals surface area contributed by atoms with Crippen LogP contribution in [0.1, 0.15) is 0 Å². The van der Waals surface area contributed by atoms with Crippen LogP contribution in [0.15, 0.2) is 11.2 Å². The Hall–Kier alpha value is -1.08. The quantitative estimate of drug-likeness (QED) is 0.374. The topological polar surface area (TPSA) is 89.8 Å². The van der Waals surface area contributed by atoms with E-state index in [0.717, 1.165) is 0 Å². The zero-order valence-electron chi connectivity index (χ0n) is 6.94. The lowest BCUT2D eigenvalue weighted by molar-refractivity contribution is 0.986. The van der Waals surface area contributed by atoms with Crippen LogP contribution in [-0.4, -0.2) is 21.3 Å². The molecule has 0 amide bonds. The number of thiocarbonyl (C=S) groups is 1. The third kappa shape index (κ3) is 3.03. The minimum absolute atomic E-state index is 0.158. The highest BCUT2D eigenvalue weighted by atomic mass is 32.2. The molecule has 1 aromatic rings. The van der Waals surface area contributed by atoms with E-state index in [9.17, 15) is 0 Å². The number of hydrogen-bond donors (Lipinski definition) is 3.